The van der Waals surface area contributed by atoms with Crippen LogP contribution in [0.2, 0.25) is 0 Å². The van der Waals surface area contributed by atoms with Gasteiger partial charge in [-0.25, -0.2) is 4.79 Å². The Kier molecular flexibility index (Phi) is 5.77. The average molecular weight is 274 g/mol. The maximum atomic E-state index is 11.0. The molecule has 5 nitrogen and oxygen atoms in total. The molecule has 104 valence electrons. The topological polar surface area (TPSA) is 83.8 Å². The lowest BCUT2D eigenvalue weighted by molar-refractivity contribution is -0.131. The van der Waals surface area contributed by atoms with Crippen molar-refractivity contribution in [1.29, 1.82) is 0 Å². The van der Waals surface area contributed by atoms with Crippen molar-refractivity contribution in [3.05, 3.63) is 54.6 Å². The summed E-state index contributed by atoms with van der Waals surface area (Å²) in [4.78, 5) is 19.5. The molecule has 0 saturated heterocycles. The van der Waals surface area contributed by atoms with Crippen LogP contribution >= 0.6 is 0 Å². The molecule has 0 aliphatic rings. The SMILES string of the molecule is CC(=O)Oc1ccccc1-c1ccccc1.O=C(O)O. The van der Waals surface area contributed by atoms with Crippen molar-refractivity contribution < 1.29 is 24.5 Å². The van der Waals surface area contributed by atoms with Crippen LogP contribution in [0.25, 0.3) is 11.1 Å². The van der Waals surface area contributed by atoms with Gasteiger partial charge in [0.05, 0.1) is 0 Å². The van der Waals surface area contributed by atoms with E-state index in [1.807, 2.05) is 48.5 Å². The van der Waals surface area contributed by atoms with Crippen LogP contribution in [0.15, 0.2) is 54.6 Å². The van der Waals surface area contributed by atoms with E-state index in [1.54, 1.807) is 6.07 Å². The lowest BCUT2D eigenvalue weighted by Gasteiger charge is -2.08. The van der Waals surface area contributed by atoms with Crippen LogP contribution in [0, 0.1) is 0 Å². The van der Waals surface area contributed by atoms with Crippen molar-refractivity contribution in [3.8, 4) is 16.9 Å². The maximum absolute atomic E-state index is 11.0. The van der Waals surface area contributed by atoms with E-state index in [0.29, 0.717) is 5.75 Å². The van der Waals surface area contributed by atoms with E-state index in [4.69, 9.17) is 19.7 Å². The van der Waals surface area contributed by atoms with E-state index in [2.05, 4.69) is 0 Å². The predicted molar refractivity (Wildman–Crippen MR) is 73.8 cm³/mol. The third-order valence-electron chi connectivity index (χ3n) is 2.23. The highest BCUT2D eigenvalue weighted by molar-refractivity contribution is 5.76. The van der Waals surface area contributed by atoms with Gasteiger partial charge in [0.15, 0.2) is 0 Å². The number of carbonyl (C=O) groups is 2. The summed E-state index contributed by atoms with van der Waals surface area (Å²) in [6, 6.07) is 17.4. The van der Waals surface area contributed by atoms with Gasteiger partial charge in [-0.1, -0.05) is 48.5 Å². The number of esters is 1. The molecule has 2 aromatic rings. The smallest absolute Gasteiger partial charge is 0.450 e. The highest BCUT2D eigenvalue weighted by atomic mass is 16.6. The van der Waals surface area contributed by atoms with Gasteiger partial charge in [0.1, 0.15) is 5.75 Å². The number of carboxylic acid groups (broad SMARTS) is 2. The summed E-state index contributed by atoms with van der Waals surface area (Å²) in [5, 5.41) is 13.9. The molecule has 0 aromatic heterocycles. The molecule has 0 aliphatic carbocycles. The minimum absolute atomic E-state index is 0.302. The molecule has 20 heavy (non-hydrogen) atoms. The van der Waals surface area contributed by atoms with Gasteiger partial charge >= 0.3 is 12.1 Å². The summed E-state index contributed by atoms with van der Waals surface area (Å²) in [5.74, 6) is 0.296. The number of benzene rings is 2. The molecular weight excluding hydrogens is 260 g/mol. The Bertz CT molecular complexity index is 574. The molecule has 0 bridgehead atoms. The lowest BCUT2D eigenvalue weighted by atomic mass is 10.1. The Morgan fingerprint density at radius 1 is 0.900 bits per heavy atom. The molecule has 0 saturated carbocycles. The molecule has 2 N–H and O–H groups in total. The second-order valence-corrected chi connectivity index (χ2v) is 3.74. The number of carbonyl (C=O) groups excluding carboxylic acids is 1. The Balaban J connectivity index is 0.000000444. The zero-order valence-electron chi connectivity index (χ0n) is 10.8. The van der Waals surface area contributed by atoms with E-state index in [0.717, 1.165) is 11.1 Å². The molecule has 0 fully saturated rings. The Hall–Kier alpha value is -2.82. The average Bonchev–Trinajstić information content (AvgIpc) is 2.39. The van der Waals surface area contributed by atoms with Crippen LogP contribution in [0.3, 0.4) is 0 Å². The molecule has 0 radical (unpaired) electrons. The van der Waals surface area contributed by atoms with Gasteiger partial charge in [0.25, 0.3) is 0 Å². The number of ether oxygens (including phenoxy) is 1. The first kappa shape index (κ1) is 15.2. The van der Waals surface area contributed by atoms with Crippen molar-refractivity contribution in [2.75, 3.05) is 0 Å². The van der Waals surface area contributed by atoms with Gasteiger partial charge in [0, 0.05) is 12.5 Å². The second kappa shape index (κ2) is 7.58. The number of hydrogen-bond donors (Lipinski definition) is 2. The van der Waals surface area contributed by atoms with Crippen LogP contribution in [-0.2, 0) is 4.79 Å². The normalized spacial score (nSPS) is 9.05. The van der Waals surface area contributed by atoms with Crippen LogP contribution in [-0.4, -0.2) is 22.3 Å². The largest absolute Gasteiger partial charge is 0.503 e. The van der Waals surface area contributed by atoms with Crippen molar-refractivity contribution in [2.45, 2.75) is 6.92 Å². The van der Waals surface area contributed by atoms with Crippen molar-refractivity contribution in [2.24, 2.45) is 0 Å². The molecule has 0 unspecified atom stereocenters. The standard InChI is InChI=1S/C14H12O2.CH2O3/c1-11(15)16-14-10-6-5-9-13(14)12-7-3-2-4-8-12;2-1(3)4/h2-10H,1H3;(H2,2,3,4). The summed E-state index contributed by atoms with van der Waals surface area (Å²) in [5.41, 5.74) is 1.97. The van der Waals surface area contributed by atoms with Crippen molar-refractivity contribution in [1.82, 2.24) is 0 Å². The van der Waals surface area contributed by atoms with E-state index in [9.17, 15) is 4.79 Å². The molecule has 0 amide bonds. The Morgan fingerprint density at radius 2 is 1.40 bits per heavy atom. The van der Waals surface area contributed by atoms with Crippen LogP contribution in [0.4, 0.5) is 4.79 Å². The van der Waals surface area contributed by atoms with E-state index in [-0.39, 0.29) is 5.97 Å². The zero-order valence-corrected chi connectivity index (χ0v) is 10.8. The molecule has 2 aromatic carbocycles. The third kappa shape index (κ3) is 5.22. The predicted octanol–water partition coefficient (Wildman–Crippen LogP) is 3.50. The second-order valence-electron chi connectivity index (χ2n) is 3.74. The summed E-state index contributed by atoms with van der Waals surface area (Å²) < 4.78 is 5.16. The summed E-state index contributed by atoms with van der Waals surface area (Å²) in [7, 11) is 0. The molecule has 0 aliphatic heterocycles. The third-order valence-corrected chi connectivity index (χ3v) is 2.23. The van der Waals surface area contributed by atoms with Gasteiger partial charge in [-0.05, 0) is 11.6 Å². The Labute approximate surface area is 116 Å². The first-order valence-corrected chi connectivity index (χ1v) is 5.75. The number of para-hydroxylation sites is 1. The van der Waals surface area contributed by atoms with Crippen molar-refractivity contribution in [3.63, 3.8) is 0 Å². The van der Waals surface area contributed by atoms with Gasteiger partial charge < -0.3 is 14.9 Å². The van der Waals surface area contributed by atoms with Crippen LogP contribution in [0.5, 0.6) is 5.75 Å². The zero-order chi connectivity index (χ0) is 15.0. The van der Waals surface area contributed by atoms with Crippen molar-refractivity contribution >= 4 is 12.1 Å². The Morgan fingerprint density at radius 3 is 1.95 bits per heavy atom. The quantitative estimate of drug-likeness (QED) is 0.646. The monoisotopic (exact) mass is 274 g/mol. The molecule has 5 heteroatoms. The minimum Gasteiger partial charge on any atom is -0.450 e. The van der Waals surface area contributed by atoms with Gasteiger partial charge in [0.2, 0.25) is 0 Å². The van der Waals surface area contributed by atoms with Crippen LogP contribution < -0.4 is 4.74 Å². The fraction of sp³-hybridized carbons (Fsp3) is 0.0667. The first-order chi connectivity index (χ1) is 9.50. The van der Waals surface area contributed by atoms with E-state index in [1.165, 1.54) is 6.92 Å². The minimum atomic E-state index is -1.83. The maximum Gasteiger partial charge on any atom is 0.503 e. The summed E-state index contributed by atoms with van der Waals surface area (Å²) in [6.45, 7) is 1.40. The first-order valence-electron chi connectivity index (χ1n) is 5.75. The molecule has 0 spiro atoms. The van der Waals surface area contributed by atoms with Crippen LogP contribution in [0.1, 0.15) is 6.92 Å². The fourth-order valence-electron chi connectivity index (χ4n) is 1.57. The highest BCUT2D eigenvalue weighted by Crippen LogP contribution is 2.29. The summed E-state index contributed by atoms with van der Waals surface area (Å²) >= 11 is 0. The fourth-order valence-corrected chi connectivity index (χ4v) is 1.57. The molecular formula is C15H14O5. The number of hydrogen-bond acceptors (Lipinski definition) is 3. The summed E-state index contributed by atoms with van der Waals surface area (Å²) in [6.07, 6.45) is -1.83. The van der Waals surface area contributed by atoms with Gasteiger partial charge in [-0.15, -0.1) is 0 Å². The van der Waals surface area contributed by atoms with Gasteiger partial charge in [-0.2, -0.15) is 0 Å². The van der Waals surface area contributed by atoms with E-state index < -0.39 is 6.16 Å². The lowest BCUT2D eigenvalue weighted by Crippen LogP contribution is -2.02. The molecule has 2 rings (SSSR count). The highest BCUT2D eigenvalue weighted by Gasteiger charge is 2.06. The van der Waals surface area contributed by atoms with E-state index >= 15 is 0 Å². The molecule has 0 atom stereocenters. The number of rotatable bonds is 2. The van der Waals surface area contributed by atoms with Gasteiger partial charge in [-0.3, -0.25) is 4.79 Å². The molecule has 0 heterocycles.